The van der Waals surface area contributed by atoms with E-state index in [1.807, 2.05) is 36.0 Å². The standard InChI is InChI=1S/C36H37NO3S.Na/c1-24-11-13-26-14-16-28(37-31(26)19-24)15-12-25-7-6-8-27(20-25)33-21-32(29-9-4-5-10-30(29)35(2,3)39)40-34(38)22-36(17-18-36)23-41-33;/h4-16,19-20,32-33,39H,17-18,21-23H2,1-3H3;/q;+1/b15-12+;/t32-,33+;/m0./s1. The molecule has 0 bridgehead atoms. The fourth-order valence-electron chi connectivity index (χ4n) is 5.78. The van der Waals surface area contributed by atoms with E-state index in [1.165, 1.54) is 11.1 Å². The van der Waals surface area contributed by atoms with Crippen LogP contribution < -0.4 is 29.6 Å². The summed E-state index contributed by atoms with van der Waals surface area (Å²) >= 11 is 1.94. The molecule has 42 heavy (non-hydrogen) atoms. The molecular weight excluding hydrogens is 549 g/mol. The number of hydrogen-bond acceptors (Lipinski definition) is 5. The van der Waals surface area contributed by atoms with Crippen LogP contribution in [0, 0.1) is 12.3 Å². The van der Waals surface area contributed by atoms with E-state index in [1.54, 1.807) is 13.8 Å². The van der Waals surface area contributed by atoms with E-state index < -0.39 is 11.7 Å². The van der Waals surface area contributed by atoms with E-state index in [9.17, 15) is 9.90 Å². The molecule has 1 aliphatic carbocycles. The predicted molar refractivity (Wildman–Crippen MR) is 168 cm³/mol. The maximum absolute atomic E-state index is 13.1. The van der Waals surface area contributed by atoms with Gasteiger partial charge in [0.25, 0.3) is 0 Å². The number of ether oxygens (including phenoxy) is 1. The fourth-order valence-corrected chi connectivity index (χ4v) is 7.38. The van der Waals surface area contributed by atoms with E-state index in [0.717, 1.165) is 51.9 Å². The first-order chi connectivity index (χ1) is 19.7. The van der Waals surface area contributed by atoms with E-state index >= 15 is 0 Å². The van der Waals surface area contributed by atoms with Crippen molar-refractivity contribution >= 4 is 40.8 Å². The quantitative estimate of drug-likeness (QED) is 0.245. The number of aromatic nitrogens is 1. The predicted octanol–water partition coefficient (Wildman–Crippen LogP) is 5.58. The molecule has 0 unspecified atom stereocenters. The van der Waals surface area contributed by atoms with Crippen molar-refractivity contribution in [3.8, 4) is 0 Å². The summed E-state index contributed by atoms with van der Waals surface area (Å²) in [4.78, 5) is 17.9. The topological polar surface area (TPSA) is 59.4 Å². The molecule has 2 fully saturated rings. The maximum Gasteiger partial charge on any atom is 1.00 e. The zero-order valence-electron chi connectivity index (χ0n) is 25.0. The number of benzene rings is 3. The minimum absolute atomic E-state index is 0. The number of aliphatic hydroxyl groups is 1. The van der Waals surface area contributed by atoms with Crippen LogP contribution >= 0.6 is 11.8 Å². The number of cyclic esters (lactones) is 1. The molecule has 4 nitrogen and oxygen atoms in total. The normalized spacial score (nSPS) is 20.4. The molecule has 1 saturated heterocycles. The number of rotatable bonds is 5. The van der Waals surface area contributed by atoms with Crippen LogP contribution in [-0.4, -0.2) is 21.8 Å². The zero-order valence-corrected chi connectivity index (χ0v) is 27.8. The molecule has 1 N–H and O–H groups in total. The Morgan fingerprint density at radius 3 is 2.57 bits per heavy atom. The second-order valence-electron chi connectivity index (χ2n) is 12.3. The molecular formula is C36H37NNaO3S+. The molecule has 6 heteroatoms. The van der Waals surface area contributed by atoms with Gasteiger partial charge in [0.15, 0.2) is 0 Å². The van der Waals surface area contributed by atoms with Crippen LogP contribution in [0.1, 0.15) is 84.4 Å². The van der Waals surface area contributed by atoms with Gasteiger partial charge in [0.1, 0.15) is 6.10 Å². The molecule has 0 amide bonds. The number of thioether (sulfide) groups is 1. The molecule has 210 valence electrons. The average Bonchev–Trinajstić information content (AvgIpc) is 3.70. The Bertz CT molecular complexity index is 1620. The molecule has 3 aromatic carbocycles. The average molecular weight is 587 g/mol. The zero-order chi connectivity index (χ0) is 28.6. The summed E-state index contributed by atoms with van der Waals surface area (Å²) in [6.45, 7) is 5.66. The molecule has 2 heterocycles. The number of carbonyl (C=O) groups is 1. The van der Waals surface area contributed by atoms with Crippen molar-refractivity contribution in [2.75, 3.05) is 5.75 Å². The van der Waals surface area contributed by atoms with Crippen molar-refractivity contribution < 1.29 is 44.2 Å². The van der Waals surface area contributed by atoms with Crippen molar-refractivity contribution in [1.29, 1.82) is 0 Å². The van der Waals surface area contributed by atoms with Crippen molar-refractivity contribution in [3.63, 3.8) is 0 Å². The van der Waals surface area contributed by atoms with Gasteiger partial charge in [-0.25, -0.2) is 4.98 Å². The van der Waals surface area contributed by atoms with Gasteiger partial charge in [0.2, 0.25) is 0 Å². The maximum atomic E-state index is 13.1. The number of esters is 1. The molecule has 2 atom stereocenters. The van der Waals surface area contributed by atoms with Gasteiger partial charge < -0.3 is 9.84 Å². The SMILES string of the molecule is Cc1ccc2ccc(/C=C/c3cccc([C@H]4C[C@@H](c5ccccc5C(C)(C)O)OC(=O)CC5(CC5)CS4)c3)nc2c1.[Na+]. The fraction of sp³-hybridized carbons (Fsp3) is 0.333. The van der Waals surface area contributed by atoms with E-state index in [4.69, 9.17) is 9.72 Å². The van der Waals surface area contributed by atoms with Gasteiger partial charge in [-0.1, -0.05) is 72.8 Å². The number of carbonyl (C=O) groups excluding carboxylic acids is 1. The van der Waals surface area contributed by atoms with Crippen molar-refractivity contribution in [2.24, 2.45) is 5.41 Å². The van der Waals surface area contributed by atoms with Crippen molar-refractivity contribution in [3.05, 3.63) is 112 Å². The second kappa shape index (κ2) is 12.7. The first-order valence-corrected chi connectivity index (χ1v) is 15.5. The third kappa shape index (κ3) is 7.20. The summed E-state index contributed by atoms with van der Waals surface area (Å²) in [5.41, 5.74) is 6.17. The molecule has 6 rings (SSSR count). The van der Waals surface area contributed by atoms with Gasteiger partial charge in [-0.15, -0.1) is 0 Å². The Hall–Kier alpha value is -2.41. The van der Waals surface area contributed by atoms with Gasteiger partial charge in [-0.3, -0.25) is 4.79 Å². The summed E-state index contributed by atoms with van der Waals surface area (Å²) in [7, 11) is 0. The third-order valence-electron chi connectivity index (χ3n) is 8.33. The third-order valence-corrected chi connectivity index (χ3v) is 9.98. The van der Waals surface area contributed by atoms with Gasteiger partial charge in [0, 0.05) is 22.8 Å². The van der Waals surface area contributed by atoms with Crippen molar-refractivity contribution in [2.45, 2.75) is 63.4 Å². The smallest absolute Gasteiger partial charge is 0.457 e. The van der Waals surface area contributed by atoms with Gasteiger partial charge in [-0.05, 0) is 85.1 Å². The Labute approximate surface area is 275 Å². The first-order valence-electron chi connectivity index (χ1n) is 14.5. The van der Waals surface area contributed by atoms with Crippen LogP contribution in [0.2, 0.25) is 0 Å². The second-order valence-corrected chi connectivity index (χ2v) is 13.5. The number of fused-ring (bicyclic) bond motifs is 1. The molecule has 1 aliphatic heterocycles. The van der Waals surface area contributed by atoms with Gasteiger partial charge in [-0.2, -0.15) is 11.8 Å². The Morgan fingerprint density at radius 1 is 1.00 bits per heavy atom. The summed E-state index contributed by atoms with van der Waals surface area (Å²) in [5, 5.41) is 12.2. The molecule has 1 aromatic heterocycles. The minimum Gasteiger partial charge on any atom is -0.457 e. The summed E-state index contributed by atoms with van der Waals surface area (Å²) in [6, 6.07) is 27.0. The monoisotopic (exact) mass is 586 g/mol. The van der Waals surface area contributed by atoms with E-state index in [0.29, 0.717) is 12.8 Å². The van der Waals surface area contributed by atoms with Crippen LogP contribution in [0.3, 0.4) is 0 Å². The number of nitrogens with zero attached hydrogens (tertiary/aromatic N) is 1. The van der Waals surface area contributed by atoms with Gasteiger partial charge in [0.05, 0.1) is 23.2 Å². The summed E-state index contributed by atoms with van der Waals surface area (Å²) < 4.78 is 6.21. The Morgan fingerprint density at radius 2 is 1.79 bits per heavy atom. The van der Waals surface area contributed by atoms with Crippen molar-refractivity contribution in [1.82, 2.24) is 4.98 Å². The number of hydrogen-bond donors (Lipinski definition) is 1. The largest absolute Gasteiger partial charge is 1.00 e. The molecule has 4 aromatic rings. The van der Waals surface area contributed by atoms with Crippen LogP contribution in [0.15, 0.2) is 78.9 Å². The first kappa shape index (κ1) is 31.0. The van der Waals surface area contributed by atoms with Crippen LogP contribution in [0.25, 0.3) is 23.1 Å². The van der Waals surface area contributed by atoms with E-state index in [2.05, 4.69) is 73.7 Å². The molecule has 1 spiro atoms. The van der Waals surface area contributed by atoms with Gasteiger partial charge >= 0.3 is 35.5 Å². The Kier molecular flexibility index (Phi) is 9.36. The molecule has 1 saturated carbocycles. The number of aryl methyl sites for hydroxylation is 1. The Balaban J connectivity index is 0.00000353. The number of pyridine rings is 1. The molecule has 2 aliphatic rings. The van der Waals surface area contributed by atoms with E-state index in [-0.39, 0.29) is 46.2 Å². The molecule has 0 radical (unpaired) electrons. The minimum atomic E-state index is -1.04. The van der Waals surface area contributed by atoms with Crippen LogP contribution in [0.4, 0.5) is 0 Å². The van der Waals surface area contributed by atoms with Crippen LogP contribution in [-0.2, 0) is 15.1 Å². The summed E-state index contributed by atoms with van der Waals surface area (Å²) in [5.74, 6) is 0.821. The van der Waals surface area contributed by atoms with Crippen LogP contribution in [0.5, 0.6) is 0 Å². The summed E-state index contributed by atoms with van der Waals surface area (Å²) in [6.07, 6.45) is 7.03.